The van der Waals surface area contributed by atoms with Crippen molar-refractivity contribution in [2.75, 3.05) is 21.9 Å². The van der Waals surface area contributed by atoms with Gasteiger partial charge in [-0.3, -0.25) is 9.52 Å². The second-order valence-corrected chi connectivity index (χ2v) is 8.87. The molecule has 0 fully saturated rings. The number of amides is 1. The molecule has 7 heteroatoms. The summed E-state index contributed by atoms with van der Waals surface area (Å²) in [7, 11) is -3.72. The summed E-state index contributed by atoms with van der Waals surface area (Å²) in [5.74, 6) is 0.720. The molecule has 1 aliphatic heterocycles. The van der Waals surface area contributed by atoms with E-state index < -0.39 is 10.0 Å². The summed E-state index contributed by atoms with van der Waals surface area (Å²) in [5, 5.41) is 0. The molecule has 3 rings (SSSR count). The van der Waals surface area contributed by atoms with Gasteiger partial charge in [-0.1, -0.05) is 6.07 Å². The van der Waals surface area contributed by atoms with Crippen LogP contribution in [0.15, 0.2) is 46.2 Å². The van der Waals surface area contributed by atoms with Gasteiger partial charge >= 0.3 is 0 Å². The number of sulfonamides is 1. The molecule has 0 radical (unpaired) electrons. The average Bonchev–Trinajstić information content (AvgIpc) is 2.56. The van der Waals surface area contributed by atoms with Crippen LogP contribution in [-0.2, 0) is 14.8 Å². The molecule has 0 atom stereocenters. The SMILES string of the molecule is CC(=O)N1CCSc2ccc(S(=O)(=O)Nc3ccc(C)c(C)c3)cc21. The van der Waals surface area contributed by atoms with Crippen molar-refractivity contribution in [1.82, 2.24) is 0 Å². The molecule has 1 aliphatic rings. The number of nitrogens with one attached hydrogen (secondary N) is 1. The summed E-state index contributed by atoms with van der Waals surface area (Å²) in [5.41, 5.74) is 3.31. The first-order valence-electron chi connectivity index (χ1n) is 7.93. The van der Waals surface area contributed by atoms with E-state index >= 15 is 0 Å². The maximum atomic E-state index is 12.7. The monoisotopic (exact) mass is 376 g/mol. The fourth-order valence-corrected chi connectivity index (χ4v) is 4.75. The Morgan fingerprint density at radius 1 is 1.12 bits per heavy atom. The number of hydrogen-bond donors (Lipinski definition) is 1. The standard InChI is InChI=1S/C18H20N2O3S2/c1-12-4-5-15(10-13(12)2)19-25(22,23)16-6-7-18-17(11-16)20(14(3)21)8-9-24-18/h4-7,10-11,19H,8-9H2,1-3H3. The molecule has 0 saturated heterocycles. The number of carbonyl (C=O) groups is 1. The molecule has 0 aliphatic carbocycles. The summed E-state index contributed by atoms with van der Waals surface area (Å²) in [4.78, 5) is 14.5. The number of rotatable bonds is 3. The van der Waals surface area contributed by atoms with Crippen molar-refractivity contribution in [3.8, 4) is 0 Å². The molecule has 132 valence electrons. The lowest BCUT2D eigenvalue weighted by Gasteiger charge is -2.28. The van der Waals surface area contributed by atoms with Crippen LogP contribution >= 0.6 is 11.8 Å². The van der Waals surface area contributed by atoms with E-state index in [4.69, 9.17) is 0 Å². The van der Waals surface area contributed by atoms with Crippen LogP contribution in [0.25, 0.3) is 0 Å². The third-order valence-corrected chi connectivity index (χ3v) is 6.67. The Kier molecular flexibility index (Phi) is 4.79. The minimum atomic E-state index is -3.72. The van der Waals surface area contributed by atoms with Gasteiger partial charge in [0.1, 0.15) is 0 Å². The van der Waals surface area contributed by atoms with Crippen LogP contribution in [0.2, 0.25) is 0 Å². The number of nitrogens with zero attached hydrogens (tertiary/aromatic N) is 1. The predicted octanol–water partition coefficient (Wildman–Crippen LogP) is 3.56. The zero-order chi connectivity index (χ0) is 18.2. The summed E-state index contributed by atoms with van der Waals surface area (Å²) in [6.07, 6.45) is 0. The minimum absolute atomic E-state index is 0.0850. The molecule has 5 nitrogen and oxygen atoms in total. The van der Waals surface area contributed by atoms with Crippen molar-refractivity contribution in [3.05, 3.63) is 47.5 Å². The van der Waals surface area contributed by atoms with Gasteiger partial charge in [-0.25, -0.2) is 8.42 Å². The minimum Gasteiger partial charge on any atom is -0.311 e. The van der Waals surface area contributed by atoms with Crippen LogP contribution < -0.4 is 9.62 Å². The van der Waals surface area contributed by atoms with Crippen molar-refractivity contribution in [3.63, 3.8) is 0 Å². The summed E-state index contributed by atoms with van der Waals surface area (Å²) in [6.45, 7) is 5.99. The van der Waals surface area contributed by atoms with Crippen molar-refractivity contribution in [1.29, 1.82) is 0 Å². The van der Waals surface area contributed by atoms with Gasteiger partial charge < -0.3 is 4.90 Å². The first-order chi connectivity index (χ1) is 11.8. The largest absolute Gasteiger partial charge is 0.311 e. The van der Waals surface area contributed by atoms with E-state index in [1.807, 2.05) is 26.0 Å². The van der Waals surface area contributed by atoms with Crippen LogP contribution in [0.3, 0.4) is 0 Å². The average molecular weight is 377 g/mol. The molecule has 0 aromatic heterocycles. The smallest absolute Gasteiger partial charge is 0.261 e. The number of hydrogen-bond acceptors (Lipinski definition) is 4. The Labute approximate surface area is 152 Å². The fourth-order valence-electron chi connectivity index (χ4n) is 2.71. The summed E-state index contributed by atoms with van der Waals surface area (Å²) < 4.78 is 28.1. The quantitative estimate of drug-likeness (QED) is 0.889. The van der Waals surface area contributed by atoms with Gasteiger partial charge in [-0.15, -0.1) is 11.8 Å². The van der Waals surface area contributed by atoms with Gasteiger partial charge in [0.25, 0.3) is 10.0 Å². The Balaban J connectivity index is 1.96. The van der Waals surface area contributed by atoms with Crippen LogP contribution in [0.4, 0.5) is 11.4 Å². The first kappa shape index (κ1) is 17.8. The van der Waals surface area contributed by atoms with E-state index in [1.54, 1.807) is 40.9 Å². The van der Waals surface area contributed by atoms with Crippen molar-refractivity contribution in [2.24, 2.45) is 0 Å². The van der Waals surface area contributed by atoms with Crippen molar-refractivity contribution >= 4 is 39.1 Å². The topological polar surface area (TPSA) is 66.5 Å². The van der Waals surface area contributed by atoms with E-state index in [1.165, 1.54) is 6.92 Å². The van der Waals surface area contributed by atoms with Gasteiger partial charge in [0.05, 0.1) is 10.6 Å². The second-order valence-electron chi connectivity index (χ2n) is 6.05. The number of fused-ring (bicyclic) bond motifs is 1. The lowest BCUT2D eigenvalue weighted by atomic mass is 10.1. The molecule has 2 aromatic carbocycles. The van der Waals surface area contributed by atoms with Crippen LogP contribution in [0.5, 0.6) is 0 Å². The van der Waals surface area contributed by atoms with Crippen molar-refractivity contribution < 1.29 is 13.2 Å². The Bertz CT molecular complexity index is 939. The third kappa shape index (κ3) is 3.67. The maximum absolute atomic E-state index is 12.7. The molecule has 0 saturated carbocycles. The Morgan fingerprint density at radius 3 is 2.56 bits per heavy atom. The molecule has 0 unspecified atom stereocenters. The zero-order valence-corrected chi connectivity index (χ0v) is 16.0. The summed E-state index contributed by atoms with van der Waals surface area (Å²) >= 11 is 1.63. The van der Waals surface area contributed by atoms with Gasteiger partial charge in [-0.2, -0.15) is 0 Å². The molecule has 1 heterocycles. The molecule has 2 aromatic rings. The highest BCUT2D eigenvalue weighted by atomic mass is 32.2. The number of benzene rings is 2. The van der Waals surface area contributed by atoms with Crippen LogP contribution in [-0.4, -0.2) is 26.6 Å². The number of anilines is 2. The van der Waals surface area contributed by atoms with E-state index in [2.05, 4.69) is 4.72 Å². The molecule has 0 spiro atoms. The third-order valence-electron chi connectivity index (χ3n) is 4.24. The molecular weight excluding hydrogens is 356 g/mol. The Hall–Kier alpha value is -1.99. The van der Waals surface area contributed by atoms with Crippen LogP contribution in [0.1, 0.15) is 18.1 Å². The van der Waals surface area contributed by atoms with Crippen molar-refractivity contribution in [2.45, 2.75) is 30.6 Å². The fraction of sp³-hybridized carbons (Fsp3) is 0.278. The summed E-state index contributed by atoms with van der Waals surface area (Å²) in [6, 6.07) is 10.4. The van der Waals surface area contributed by atoms with Gasteiger partial charge in [0.15, 0.2) is 0 Å². The Morgan fingerprint density at radius 2 is 1.88 bits per heavy atom. The molecule has 1 N–H and O–H groups in total. The van der Waals surface area contributed by atoms with Gasteiger partial charge in [-0.05, 0) is 55.3 Å². The highest BCUT2D eigenvalue weighted by molar-refractivity contribution is 7.99. The number of carbonyl (C=O) groups excluding carboxylic acids is 1. The highest BCUT2D eigenvalue weighted by Gasteiger charge is 2.24. The lowest BCUT2D eigenvalue weighted by molar-refractivity contribution is -0.116. The second kappa shape index (κ2) is 6.72. The predicted molar refractivity (Wildman–Crippen MR) is 102 cm³/mol. The maximum Gasteiger partial charge on any atom is 0.261 e. The normalized spacial score (nSPS) is 14.1. The van der Waals surface area contributed by atoms with E-state index in [-0.39, 0.29) is 10.8 Å². The van der Waals surface area contributed by atoms with E-state index in [0.717, 1.165) is 21.8 Å². The number of thioether (sulfide) groups is 1. The van der Waals surface area contributed by atoms with Gasteiger partial charge in [0.2, 0.25) is 5.91 Å². The molecule has 1 amide bonds. The van der Waals surface area contributed by atoms with Crippen LogP contribution in [0, 0.1) is 13.8 Å². The highest BCUT2D eigenvalue weighted by Crippen LogP contribution is 2.36. The van der Waals surface area contributed by atoms with E-state index in [9.17, 15) is 13.2 Å². The van der Waals surface area contributed by atoms with Gasteiger partial charge in [0, 0.05) is 29.8 Å². The zero-order valence-electron chi connectivity index (χ0n) is 14.4. The molecular formula is C18H20N2O3S2. The number of aryl methyl sites for hydroxylation is 2. The molecule has 25 heavy (non-hydrogen) atoms. The first-order valence-corrected chi connectivity index (χ1v) is 10.4. The van der Waals surface area contributed by atoms with E-state index in [0.29, 0.717) is 17.9 Å². The molecule has 0 bridgehead atoms. The lowest BCUT2D eigenvalue weighted by Crippen LogP contribution is -2.33.